The van der Waals surface area contributed by atoms with Crippen molar-refractivity contribution in [2.75, 3.05) is 0 Å². The van der Waals surface area contributed by atoms with E-state index < -0.39 is 0 Å². The van der Waals surface area contributed by atoms with Crippen LogP contribution in [0.2, 0.25) is 5.02 Å². The number of hydrogen-bond donors (Lipinski definition) is 0. The molecule has 0 aromatic heterocycles. The Kier molecular flexibility index (Phi) is 4.26. The van der Waals surface area contributed by atoms with E-state index in [2.05, 4.69) is 0 Å². The Hall–Kier alpha value is -0.530. The number of benzene rings is 1. The lowest BCUT2D eigenvalue weighted by Crippen LogP contribution is -1.90. The van der Waals surface area contributed by atoms with Crippen LogP contribution in [0.4, 0.5) is 0 Å². The fourth-order valence-electron chi connectivity index (χ4n) is 1.12. The van der Waals surface area contributed by atoms with Crippen LogP contribution in [0.5, 0.6) is 0 Å². The van der Waals surface area contributed by atoms with E-state index in [1.807, 2.05) is 24.3 Å². The first-order chi connectivity index (χ1) is 6.18. The van der Waals surface area contributed by atoms with Gasteiger partial charge in [-0.2, -0.15) is 0 Å². The molecule has 0 heterocycles. The van der Waals surface area contributed by atoms with Crippen LogP contribution < -0.4 is 0 Å². The van der Waals surface area contributed by atoms with Crippen molar-refractivity contribution in [3.63, 3.8) is 0 Å². The number of carbonyl (C=O) groups is 1. The quantitative estimate of drug-likeness (QED) is 0.706. The fourth-order valence-corrected chi connectivity index (χ4v) is 1.47. The molecule has 1 nitrogen and oxygen atoms in total. The maximum Gasteiger partial charge on any atom is 0.221 e. The van der Waals surface area contributed by atoms with Crippen LogP contribution in [0.25, 0.3) is 0 Å². The van der Waals surface area contributed by atoms with E-state index in [4.69, 9.17) is 23.2 Å². The molecule has 13 heavy (non-hydrogen) atoms. The van der Waals surface area contributed by atoms with Crippen molar-refractivity contribution in [2.24, 2.45) is 0 Å². The molecule has 0 spiro atoms. The van der Waals surface area contributed by atoms with E-state index in [0.717, 1.165) is 23.4 Å². The lowest BCUT2D eigenvalue weighted by Gasteiger charge is -1.99. The molecular formula is C10H10Cl2O. The number of halogens is 2. The van der Waals surface area contributed by atoms with Gasteiger partial charge in [0.25, 0.3) is 0 Å². The second-order valence-electron chi connectivity index (χ2n) is 2.84. The Bertz CT molecular complexity index is 297. The second kappa shape index (κ2) is 5.25. The number of hydrogen-bond acceptors (Lipinski definition) is 1. The summed E-state index contributed by atoms with van der Waals surface area (Å²) in [5, 5.41) is 0.455. The minimum atomic E-state index is -0.276. The Morgan fingerprint density at radius 3 is 2.77 bits per heavy atom. The molecule has 0 fully saturated rings. The predicted molar refractivity (Wildman–Crippen MR) is 55.3 cm³/mol. The molecule has 0 aliphatic carbocycles. The molecule has 0 N–H and O–H groups in total. The summed E-state index contributed by atoms with van der Waals surface area (Å²) in [6.07, 6.45) is 2.05. The van der Waals surface area contributed by atoms with Gasteiger partial charge in [0.1, 0.15) is 0 Å². The van der Waals surface area contributed by atoms with Gasteiger partial charge in [-0.15, -0.1) is 0 Å². The SMILES string of the molecule is O=C(Cl)CCCc1cccc(Cl)c1. The van der Waals surface area contributed by atoms with Crippen LogP contribution in [-0.4, -0.2) is 5.24 Å². The highest BCUT2D eigenvalue weighted by molar-refractivity contribution is 6.63. The summed E-state index contributed by atoms with van der Waals surface area (Å²) in [4.78, 5) is 10.4. The molecule has 0 aliphatic heterocycles. The number of aryl methyl sites for hydroxylation is 1. The van der Waals surface area contributed by atoms with Gasteiger partial charge in [0.2, 0.25) is 5.24 Å². The van der Waals surface area contributed by atoms with Crippen molar-refractivity contribution < 1.29 is 4.79 Å². The molecular weight excluding hydrogens is 207 g/mol. The van der Waals surface area contributed by atoms with Gasteiger partial charge in [-0.3, -0.25) is 4.79 Å². The Morgan fingerprint density at radius 1 is 1.38 bits per heavy atom. The summed E-state index contributed by atoms with van der Waals surface area (Å²) in [6.45, 7) is 0. The topological polar surface area (TPSA) is 17.1 Å². The highest BCUT2D eigenvalue weighted by atomic mass is 35.5. The van der Waals surface area contributed by atoms with Crippen molar-refractivity contribution >= 4 is 28.4 Å². The van der Waals surface area contributed by atoms with Crippen LogP contribution in [0.1, 0.15) is 18.4 Å². The first-order valence-electron chi connectivity index (χ1n) is 4.11. The van der Waals surface area contributed by atoms with Gasteiger partial charge in [-0.05, 0) is 42.1 Å². The highest BCUT2D eigenvalue weighted by Gasteiger charge is 1.97. The van der Waals surface area contributed by atoms with E-state index in [1.165, 1.54) is 0 Å². The van der Waals surface area contributed by atoms with Crippen LogP contribution in [0.3, 0.4) is 0 Å². The molecule has 0 aliphatic rings. The zero-order valence-corrected chi connectivity index (χ0v) is 8.61. The Morgan fingerprint density at radius 2 is 2.15 bits per heavy atom. The molecule has 0 atom stereocenters. The average molecular weight is 217 g/mol. The zero-order chi connectivity index (χ0) is 9.68. The minimum Gasteiger partial charge on any atom is -0.281 e. The molecule has 3 heteroatoms. The molecule has 70 valence electrons. The van der Waals surface area contributed by atoms with Crippen LogP contribution >= 0.6 is 23.2 Å². The fraction of sp³-hybridized carbons (Fsp3) is 0.300. The van der Waals surface area contributed by atoms with E-state index >= 15 is 0 Å². The van der Waals surface area contributed by atoms with Crippen LogP contribution in [-0.2, 0) is 11.2 Å². The third kappa shape index (κ3) is 4.30. The predicted octanol–water partition coefficient (Wildman–Crippen LogP) is 3.43. The molecule has 1 aromatic rings. The van der Waals surface area contributed by atoms with Gasteiger partial charge in [-0.25, -0.2) is 0 Å². The molecule has 0 amide bonds. The standard InChI is InChI=1S/C10H10Cl2O/c11-9-5-1-3-8(7-9)4-2-6-10(12)13/h1,3,5,7H,2,4,6H2. The summed E-state index contributed by atoms with van der Waals surface area (Å²) in [5.41, 5.74) is 1.14. The summed E-state index contributed by atoms with van der Waals surface area (Å²) in [6, 6.07) is 7.63. The minimum absolute atomic E-state index is 0.276. The summed E-state index contributed by atoms with van der Waals surface area (Å²) < 4.78 is 0. The Labute approximate surface area is 87.7 Å². The van der Waals surface area contributed by atoms with Crippen LogP contribution in [0.15, 0.2) is 24.3 Å². The van der Waals surface area contributed by atoms with Crippen molar-refractivity contribution in [3.8, 4) is 0 Å². The van der Waals surface area contributed by atoms with Gasteiger partial charge in [0, 0.05) is 11.4 Å². The van der Waals surface area contributed by atoms with Gasteiger partial charge < -0.3 is 0 Å². The second-order valence-corrected chi connectivity index (χ2v) is 3.70. The summed E-state index contributed by atoms with van der Waals surface area (Å²) in [5.74, 6) is 0. The van der Waals surface area contributed by atoms with Gasteiger partial charge >= 0.3 is 0 Å². The molecule has 1 aromatic carbocycles. The number of rotatable bonds is 4. The lowest BCUT2D eigenvalue weighted by atomic mass is 10.1. The normalized spacial score (nSPS) is 10.0. The molecule has 0 radical (unpaired) electrons. The van der Waals surface area contributed by atoms with Gasteiger partial charge in [-0.1, -0.05) is 23.7 Å². The molecule has 0 bridgehead atoms. The van der Waals surface area contributed by atoms with Crippen LogP contribution in [0, 0.1) is 0 Å². The molecule has 1 rings (SSSR count). The first kappa shape index (κ1) is 10.6. The first-order valence-corrected chi connectivity index (χ1v) is 4.87. The summed E-state index contributed by atoms with van der Waals surface area (Å²) in [7, 11) is 0. The third-order valence-corrected chi connectivity index (χ3v) is 2.15. The maximum absolute atomic E-state index is 10.4. The molecule has 0 saturated carbocycles. The third-order valence-electron chi connectivity index (χ3n) is 1.73. The maximum atomic E-state index is 10.4. The van der Waals surface area contributed by atoms with Crippen molar-refractivity contribution in [3.05, 3.63) is 34.9 Å². The summed E-state index contributed by atoms with van der Waals surface area (Å²) >= 11 is 11.0. The smallest absolute Gasteiger partial charge is 0.221 e. The lowest BCUT2D eigenvalue weighted by molar-refractivity contribution is -0.111. The van der Waals surface area contributed by atoms with E-state index in [0.29, 0.717) is 6.42 Å². The number of carbonyl (C=O) groups excluding carboxylic acids is 1. The zero-order valence-electron chi connectivity index (χ0n) is 7.09. The van der Waals surface area contributed by atoms with Crippen molar-refractivity contribution in [1.82, 2.24) is 0 Å². The van der Waals surface area contributed by atoms with E-state index in [1.54, 1.807) is 0 Å². The average Bonchev–Trinajstić information content (AvgIpc) is 2.03. The van der Waals surface area contributed by atoms with Crippen molar-refractivity contribution in [2.45, 2.75) is 19.3 Å². The molecule has 0 unspecified atom stereocenters. The monoisotopic (exact) mass is 216 g/mol. The van der Waals surface area contributed by atoms with E-state index in [-0.39, 0.29) is 5.24 Å². The Balaban J connectivity index is 2.41. The largest absolute Gasteiger partial charge is 0.281 e. The van der Waals surface area contributed by atoms with Gasteiger partial charge in [0.05, 0.1) is 0 Å². The molecule has 0 saturated heterocycles. The highest BCUT2D eigenvalue weighted by Crippen LogP contribution is 2.13. The van der Waals surface area contributed by atoms with Gasteiger partial charge in [0.15, 0.2) is 0 Å². The van der Waals surface area contributed by atoms with Crippen molar-refractivity contribution in [1.29, 1.82) is 0 Å². The van der Waals surface area contributed by atoms with E-state index in [9.17, 15) is 4.79 Å².